The van der Waals surface area contributed by atoms with Crippen LogP contribution in [0.1, 0.15) is 0 Å². The molecule has 26 heavy (non-hydrogen) atoms. The molecule has 8 nitrogen and oxygen atoms in total. The largest absolute Gasteiger partial charge is 0.482 e. The van der Waals surface area contributed by atoms with E-state index in [-0.39, 0.29) is 22.5 Å². The van der Waals surface area contributed by atoms with Gasteiger partial charge in [-0.05, 0) is 24.3 Å². The number of ether oxygens (including phenoxy) is 2. The quantitative estimate of drug-likeness (QED) is 0.643. The number of halogens is 1. The summed E-state index contributed by atoms with van der Waals surface area (Å²) in [5, 5.41) is -0.308. The van der Waals surface area contributed by atoms with E-state index in [9.17, 15) is 13.2 Å². The fourth-order valence-corrected chi connectivity index (χ4v) is 3.94. The molecule has 3 aromatic rings. The smallest absolute Gasteiger partial charge is 0.343 e. The van der Waals surface area contributed by atoms with Gasteiger partial charge in [0.2, 0.25) is 0 Å². The van der Waals surface area contributed by atoms with Gasteiger partial charge >= 0.3 is 5.97 Å². The molecule has 10 heteroatoms. The monoisotopic (exact) mass is 395 g/mol. The van der Waals surface area contributed by atoms with E-state index in [0.717, 1.165) is 0 Å². The van der Waals surface area contributed by atoms with Crippen molar-refractivity contribution in [2.75, 3.05) is 18.4 Å². The number of carbonyl (C=O) groups excluding carboxylic acids is 1. The number of anilines is 1. The third-order valence-corrected chi connectivity index (χ3v) is 5.15. The van der Waals surface area contributed by atoms with Crippen LogP contribution in [0.25, 0.3) is 5.65 Å². The lowest BCUT2D eigenvalue weighted by Crippen LogP contribution is -2.16. The van der Waals surface area contributed by atoms with Crippen molar-refractivity contribution >= 4 is 38.9 Å². The molecule has 0 fully saturated rings. The maximum atomic E-state index is 12.7. The summed E-state index contributed by atoms with van der Waals surface area (Å²) >= 11 is 6.02. The minimum atomic E-state index is -4.01. The van der Waals surface area contributed by atoms with Gasteiger partial charge in [-0.1, -0.05) is 23.7 Å². The van der Waals surface area contributed by atoms with Crippen LogP contribution in [-0.2, 0) is 19.6 Å². The van der Waals surface area contributed by atoms with Crippen molar-refractivity contribution in [3.63, 3.8) is 0 Å². The van der Waals surface area contributed by atoms with Crippen molar-refractivity contribution in [1.29, 1.82) is 0 Å². The van der Waals surface area contributed by atoms with Gasteiger partial charge in [0.1, 0.15) is 11.4 Å². The number of pyridine rings is 1. The lowest BCUT2D eigenvalue weighted by molar-refractivity contribution is -0.142. The number of rotatable bonds is 6. The van der Waals surface area contributed by atoms with Gasteiger partial charge in [-0.3, -0.25) is 9.12 Å². The Bertz CT molecular complexity index is 1060. The van der Waals surface area contributed by atoms with E-state index in [4.69, 9.17) is 16.3 Å². The molecular formula is C16H14ClN3O5S. The summed E-state index contributed by atoms with van der Waals surface area (Å²) in [5.41, 5.74) is 0.655. The maximum Gasteiger partial charge on any atom is 0.343 e. The number of fused-ring (bicyclic) bond motifs is 1. The minimum absolute atomic E-state index is 0.137. The van der Waals surface area contributed by atoms with Crippen molar-refractivity contribution in [3.05, 3.63) is 53.8 Å². The van der Waals surface area contributed by atoms with Gasteiger partial charge in [0.25, 0.3) is 10.0 Å². The van der Waals surface area contributed by atoms with Crippen LogP contribution < -0.4 is 9.46 Å². The van der Waals surface area contributed by atoms with E-state index in [1.54, 1.807) is 42.6 Å². The Morgan fingerprint density at radius 2 is 2.08 bits per heavy atom. The molecule has 1 N–H and O–H groups in total. The van der Waals surface area contributed by atoms with E-state index in [2.05, 4.69) is 14.4 Å². The molecule has 0 bridgehead atoms. The number of hydrogen-bond donors (Lipinski definition) is 1. The highest BCUT2D eigenvalue weighted by Gasteiger charge is 2.24. The Morgan fingerprint density at radius 1 is 1.27 bits per heavy atom. The first-order valence-electron chi connectivity index (χ1n) is 7.36. The predicted octanol–water partition coefficient (Wildman–Crippen LogP) is 2.34. The van der Waals surface area contributed by atoms with Gasteiger partial charge in [0.15, 0.2) is 16.8 Å². The molecule has 0 atom stereocenters. The molecule has 0 saturated carbocycles. The maximum absolute atomic E-state index is 12.7. The van der Waals surface area contributed by atoms with Crippen LogP contribution in [0.5, 0.6) is 5.75 Å². The zero-order valence-electron chi connectivity index (χ0n) is 13.5. The lowest BCUT2D eigenvalue weighted by Gasteiger charge is -2.10. The zero-order valence-corrected chi connectivity index (χ0v) is 15.1. The first-order valence-corrected chi connectivity index (χ1v) is 9.22. The third-order valence-electron chi connectivity index (χ3n) is 3.37. The second kappa shape index (κ2) is 7.22. The van der Waals surface area contributed by atoms with Crippen LogP contribution in [-0.4, -0.2) is 37.5 Å². The lowest BCUT2D eigenvalue weighted by atomic mass is 10.3. The topological polar surface area (TPSA) is 99.0 Å². The SMILES string of the molecule is COC(=O)COc1cccc(NS(=O)(=O)c2c(Cl)nc3ccccn23)c1. The molecule has 0 aliphatic carbocycles. The highest BCUT2D eigenvalue weighted by Crippen LogP contribution is 2.26. The summed E-state index contributed by atoms with van der Waals surface area (Å²) in [7, 11) is -2.76. The molecule has 136 valence electrons. The molecule has 0 unspecified atom stereocenters. The Hall–Kier alpha value is -2.78. The van der Waals surface area contributed by atoms with Crippen molar-refractivity contribution in [2.45, 2.75) is 5.03 Å². The van der Waals surface area contributed by atoms with Crippen molar-refractivity contribution < 1.29 is 22.7 Å². The van der Waals surface area contributed by atoms with E-state index < -0.39 is 16.0 Å². The highest BCUT2D eigenvalue weighted by molar-refractivity contribution is 7.92. The van der Waals surface area contributed by atoms with Gasteiger partial charge in [-0.25, -0.2) is 9.78 Å². The van der Waals surface area contributed by atoms with Crippen LogP contribution in [0.3, 0.4) is 0 Å². The molecule has 0 amide bonds. The molecule has 0 spiro atoms. The molecule has 3 rings (SSSR count). The van der Waals surface area contributed by atoms with Crippen molar-refractivity contribution in [3.8, 4) is 5.75 Å². The van der Waals surface area contributed by atoms with Crippen LogP contribution >= 0.6 is 11.6 Å². The number of imidazole rings is 1. The molecule has 2 aromatic heterocycles. The fourth-order valence-electron chi connectivity index (χ4n) is 2.24. The third kappa shape index (κ3) is 3.73. The summed E-state index contributed by atoms with van der Waals surface area (Å²) in [6, 6.07) is 11.2. The zero-order chi connectivity index (χ0) is 18.7. The molecular weight excluding hydrogens is 382 g/mol. The number of hydrogen-bond acceptors (Lipinski definition) is 6. The fraction of sp³-hybridized carbons (Fsp3) is 0.125. The number of nitrogens with zero attached hydrogens (tertiary/aromatic N) is 2. The first-order chi connectivity index (χ1) is 12.4. The summed E-state index contributed by atoms with van der Waals surface area (Å²) in [4.78, 5) is 15.2. The summed E-state index contributed by atoms with van der Waals surface area (Å²) in [6.07, 6.45) is 1.55. The van der Waals surface area contributed by atoms with Gasteiger partial charge in [0, 0.05) is 12.3 Å². The first kappa shape index (κ1) is 18.0. The second-order valence-electron chi connectivity index (χ2n) is 5.13. The van der Waals surface area contributed by atoms with Gasteiger partial charge in [0.05, 0.1) is 12.8 Å². The standard InChI is InChI=1S/C16H14ClN3O5S/c1-24-14(21)10-25-12-6-4-5-11(9-12)19-26(22,23)16-15(17)18-13-7-2-3-8-20(13)16/h2-9,19H,10H2,1H3. The number of esters is 1. The van der Waals surface area contributed by atoms with Gasteiger partial charge in [-0.2, -0.15) is 8.42 Å². The number of benzene rings is 1. The Kier molecular flexibility index (Phi) is 5.01. The molecule has 0 radical (unpaired) electrons. The average molecular weight is 396 g/mol. The number of sulfonamides is 1. The summed E-state index contributed by atoms with van der Waals surface area (Å²) < 4.78 is 39.0. The van der Waals surface area contributed by atoms with E-state index in [1.165, 1.54) is 17.6 Å². The number of methoxy groups -OCH3 is 1. The molecule has 0 aliphatic rings. The number of aromatic nitrogens is 2. The summed E-state index contributed by atoms with van der Waals surface area (Å²) in [6.45, 7) is -0.286. The second-order valence-corrected chi connectivity index (χ2v) is 7.09. The Balaban J connectivity index is 1.88. The van der Waals surface area contributed by atoms with Crippen LogP contribution in [0, 0.1) is 0 Å². The predicted molar refractivity (Wildman–Crippen MR) is 95.0 cm³/mol. The average Bonchev–Trinajstić information content (AvgIpc) is 2.96. The van der Waals surface area contributed by atoms with Crippen molar-refractivity contribution in [2.24, 2.45) is 0 Å². The minimum Gasteiger partial charge on any atom is -0.482 e. The van der Waals surface area contributed by atoms with Gasteiger partial charge < -0.3 is 9.47 Å². The Morgan fingerprint density at radius 3 is 2.85 bits per heavy atom. The highest BCUT2D eigenvalue weighted by atomic mass is 35.5. The molecule has 2 heterocycles. The van der Waals surface area contributed by atoms with E-state index >= 15 is 0 Å². The van der Waals surface area contributed by atoms with E-state index in [0.29, 0.717) is 11.4 Å². The van der Waals surface area contributed by atoms with Crippen LogP contribution in [0.2, 0.25) is 5.15 Å². The molecule has 0 saturated heterocycles. The number of nitrogens with one attached hydrogen (secondary N) is 1. The van der Waals surface area contributed by atoms with Gasteiger partial charge in [-0.15, -0.1) is 0 Å². The molecule has 1 aromatic carbocycles. The van der Waals surface area contributed by atoms with Crippen LogP contribution in [0.15, 0.2) is 53.7 Å². The normalized spacial score (nSPS) is 11.3. The van der Waals surface area contributed by atoms with Crippen LogP contribution in [0.4, 0.5) is 5.69 Å². The Labute approximate surface area is 154 Å². The number of carbonyl (C=O) groups is 1. The van der Waals surface area contributed by atoms with Crippen molar-refractivity contribution in [1.82, 2.24) is 9.38 Å². The summed E-state index contributed by atoms with van der Waals surface area (Å²) in [5.74, 6) is -0.242. The molecule has 0 aliphatic heterocycles. The van der Waals surface area contributed by atoms with E-state index in [1.807, 2.05) is 0 Å².